The van der Waals surface area contributed by atoms with Crippen LogP contribution >= 0.6 is 0 Å². The lowest BCUT2D eigenvalue weighted by Gasteiger charge is -2.09. The zero-order valence-electron chi connectivity index (χ0n) is 18.1. The zero-order valence-corrected chi connectivity index (χ0v) is 18.1. The van der Waals surface area contributed by atoms with E-state index in [1.54, 1.807) is 17.9 Å². The molecule has 0 saturated heterocycles. The number of nitrogens with zero attached hydrogens (tertiary/aromatic N) is 8. The monoisotopic (exact) mass is 483 g/mol. The lowest BCUT2D eigenvalue weighted by molar-refractivity contribution is -0.137. The second kappa shape index (κ2) is 8.96. The van der Waals surface area contributed by atoms with Crippen LogP contribution in [0.3, 0.4) is 0 Å². The SMILES string of the molecule is Cn1ncc(-c2nc(-c3cccc(Cc4nn[nH]n4)c3)no2)c1COc1ccc(C(F)(F)F)cn1. The van der Waals surface area contributed by atoms with E-state index in [-0.39, 0.29) is 18.4 Å². The number of aromatic amines is 1. The maximum absolute atomic E-state index is 12.7. The second-order valence-electron chi connectivity index (χ2n) is 7.43. The first kappa shape index (κ1) is 22.2. The van der Waals surface area contributed by atoms with Crippen LogP contribution in [0.2, 0.25) is 0 Å². The smallest absolute Gasteiger partial charge is 0.417 e. The molecule has 0 amide bonds. The molecule has 1 aromatic carbocycles. The number of rotatable bonds is 7. The summed E-state index contributed by atoms with van der Waals surface area (Å²) < 4.78 is 50.8. The van der Waals surface area contributed by atoms with Gasteiger partial charge in [0.1, 0.15) is 6.61 Å². The minimum Gasteiger partial charge on any atom is -0.471 e. The van der Waals surface area contributed by atoms with Crippen LogP contribution in [0.4, 0.5) is 13.2 Å². The van der Waals surface area contributed by atoms with Crippen LogP contribution in [0.5, 0.6) is 5.88 Å². The maximum Gasteiger partial charge on any atom is 0.417 e. The minimum absolute atomic E-state index is 0.0257. The molecule has 0 aliphatic rings. The lowest BCUT2D eigenvalue weighted by atomic mass is 10.1. The molecule has 0 aliphatic heterocycles. The van der Waals surface area contributed by atoms with Gasteiger partial charge in [-0.2, -0.15) is 28.5 Å². The number of alkyl halides is 3. The molecule has 5 rings (SSSR count). The third-order valence-corrected chi connectivity index (χ3v) is 5.08. The summed E-state index contributed by atoms with van der Waals surface area (Å²) in [6.07, 6.45) is -1.72. The number of hydrogen-bond acceptors (Lipinski definition) is 9. The average molecular weight is 483 g/mol. The fraction of sp³-hybridized carbons (Fsp3) is 0.190. The Morgan fingerprint density at radius 1 is 1.14 bits per heavy atom. The number of halogens is 3. The van der Waals surface area contributed by atoms with Gasteiger partial charge in [-0.25, -0.2) is 4.98 Å². The first-order valence-electron chi connectivity index (χ1n) is 10.2. The fourth-order valence-corrected chi connectivity index (χ4v) is 3.30. The maximum atomic E-state index is 12.7. The van der Waals surface area contributed by atoms with Crippen molar-refractivity contribution in [2.75, 3.05) is 0 Å². The Morgan fingerprint density at radius 3 is 2.77 bits per heavy atom. The van der Waals surface area contributed by atoms with Gasteiger partial charge in [0, 0.05) is 31.3 Å². The van der Waals surface area contributed by atoms with Gasteiger partial charge in [0.2, 0.25) is 11.7 Å². The second-order valence-corrected chi connectivity index (χ2v) is 7.43. The summed E-state index contributed by atoms with van der Waals surface area (Å²) in [5, 5.41) is 22.1. The third kappa shape index (κ3) is 4.85. The Hall–Kier alpha value is -4.62. The summed E-state index contributed by atoms with van der Waals surface area (Å²) in [5.74, 6) is 1.18. The first-order valence-corrected chi connectivity index (χ1v) is 10.2. The molecule has 0 saturated carbocycles. The molecule has 0 spiro atoms. The number of benzene rings is 1. The van der Waals surface area contributed by atoms with Gasteiger partial charge in [0.15, 0.2) is 5.82 Å². The van der Waals surface area contributed by atoms with Crippen LogP contribution in [0.15, 0.2) is 53.3 Å². The predicted octanol–water partition coefficient (Wildman–Crippen LogP) is 3.23. The van der Waals surface area contributed by atoms with Crippen LogP contribution in [-0.2, 0) is 26.3 Å². The number of pyridine rings is 1. The highest BCUT2D eigenvalue weighted by Crippen LogP contribution is 2.30. The number of aryl methyl sites for hydroxylation is 1. The molecule has 35 heavy (non-hydrogen) atoms. The van der Waals surface area contributed by atoms with Crippen molar-refractivity contribution in [3.05, 3.63) is 71.4 Å². The number of aromatic nitrogens is 9. The van der Waals surface area contributed by atoms with Gasteiger partial charge in [-0.3, -0.25) is 4.68 Å². The van der Waals surface area contributed by atoms with Crippen LogP contribution in [-0.4, -0.2) is 45.5 Å². The van der Waals surface area contributed by atoms with E-state index in [4.69, 9.17) is 9.26 Å². The van der Waals surface area contributed by atoms with E-state index in [0.717, 1.165) is 29.5 Å². The molecule has 0 fully saturated rings. The molecule has 0 bridgehead atoms. The molecule has 5 aromatic rings. The van der Waals surface area contributed by atoms with Gasteiger partial charge < -0.3 is 9.26 Å². The molecular formula is C21H16F3N9O2. The molecule has 14 heteroatoms. The van der Waals surface area contributed by atoms with Crippen molar-refractivity contribution in [3.8, 4) is 28.7 Å². The highest BCUT2D eigenvalue weighted by atomic mass is 19.4. The Bertz CT molecular complexity index is 1430. The number of nitrogens with one attached hydrogen (secondary N) is 1. The lowest BCUT2D eigenvalue weighted by Crippen LogP contribution is -2.07. The van der Waals surface area contributed by atoms with E-state index in [0.29, 0.717) is 29.3 Å². The van der Waals surface area contributed by atoms with Crippen molar-refractivity contribution in [1.82, 2.24) is 45.5 Å². The summed E-state index contributed by atoms with van der Waals surface area (Å²) >= 11 is 0. The fourth-order valence-electron chi connectivity index (χ4n) is 3.30. The van der Waals surface area contributed by atoms with Crippen LogP contribution < -0.4 is 4.74 Å². The highest BCUT2D eigenvalue weighted by Gasteiger charge is 2.30. The first-order chi connectivity index (χ1) is 16.9. The van der Waals surface area contributed by atoms with E-state index >= 15 is 0 Å². The molecular weight excluding hydrogens is 467 g/mol. The number of tetrazole rings is 1. The minimum atomic E-state index is -4.47. The average Bonchev–Trinajstić information content (AvgIpc) is 3.59. The molecule has 0 aliphatic carbocycles. The molecule has 0 unspecified atom stereocenters. The quantitative estimate of drug-likeness (QED) is 0.370. The summed E-state index contributed by atoms with van der Waals surface area (Å²) in [4.78, 5) is 8.20. The predicted molar refractivity (Wildman–Crippen MR) is 112 cm³/mol. The molecule has 4 aromatic heterocycles. The zero-order chi connectivity index (χ0) is 24.4. The van der Waals surface area contributed by atoms with Gasteiger partial charge in [0.05, 0.1) is 23.0 Å². The summed E-state index contributed by atoms with van der Waals surface area (Å²) in [6.45, 7) is -0.0257. The topological polar surface area (TPSA) is 133 Å². The molecule has 4 heterocycles. The summed E-state index contributed by atoms with van der Waals surface area (Å²) in [5.41, 5.74) is 1.92. The van der Waals surface area contributed by atoms with Crippen LogP contribution in [0.25, 0.3) is 22.8 Å². The normalized spacial score (nSPS) is 11.7. The van der Waals surface area contributed by atoms with Crippen molar-refractivity contribution < 1.29 is 22.4 Å². The number of ether oxygens (including phenoxy) is 1. The van der Waals surface area contributed by atoms with Gasteiger partial charge in [-0.15, -0.1) is 10.2 Å². The molecule has 0 atom stereocenters. The molecule has 11 nitrogen and oxygen atoms in total. The van der Waals surface area contributed by atoms with E-state index < -0.39 is 11.7 Å². The van der Waals surface area contributed by atoms with Gasteiger partial charge in [0.25, 0.3) is 5.89 Å². The molecule has 0 radical (unpaired) electrons. The molecule has 178 valence electrons. The Balaban J connectivity index is 1.33. The summed E-state index contributed by atoms with van der Waals surface area (Å²) in [7, 11) is 1.70. The number of H-pyrrole nitrogens is 1. The van der Waals surface area contributed by atoms with Gasteiger partial charge in [-0.05, 0) is 17.7 Å². The Morgan fingerprint density at radius 2 is 2.03 bits per heavy atom. The van der Waals surface area contributed by atoms with Crippen molar-refractivity contribution >= 4 is 0 Å². The van der Waals surface area contributed by atoms with Crippen LogP contribution in [0.1, 0.15) is 22.6 Å². The van der Waals surface area contributed by atoms with Crippen molar-refractivity contribution in [2.45, 2.75) is 19.2 Å². The number of hydrogen-bond donors (Lipinski definition) is 1. The Kier molecular flexibility index (Phi) is 5.68. The molecule has 1 N–H and O–H groups in total. The standard InChI is InChI=1S/C21H16F3N9O2/c1-33-16(11-34-18-6-5-14(9-25-18)21(22,23)24)15(10-26-33)20-27-19(30-35-20)13-4-2-3-12(7-13)8-17-28-31-32-29-17/h2-7,9-10H,8,11H2,1H3,(H,28,29,31,32). The van der Waals surface area contributed by atoms with E-state index in [2.05, 4.69) is 40.8 Å². The Labute approximate surface area is 195 Å². The van der Waals surface area contributed by atoms with Gasteiger partial charge >= 0.3 is 6.18 Å². The van der Waals surface area contributed by atoms with Crippen molar-refractivity contribution in [2.24, 2.45) is 7.05 Å². The van der Waals surface area contributed by atoms with Gasteiger partial charge in [-0.1, -0.05) is 28.6 Å². The van der Waals surface area contributed by atoms with Crippen molar-refractivity contribution in [3.63, 3.8) is 0 Å². The van der Waals surface area contributed by atoms with E-state index in [9.17, 15) is 13.2 Å². The van der Waals surface area contributed by atoms with Crippen molar-refractivity contribution in [1.29, 1.82) is 0 Å². The highest BCUT2D eigenvalue weighted by molar-refractivity contribution is 5.61. The third-order valence-electron chi connectivity index (χ3n) is 5.08. The van der Waals surface area contributed by atoms with E-state index in [1.165, 1.54) is 0 Å². The van der Waals surface area contributed by atoms with Crippen LogP contribution in [0, 0.1) is 0 Å². The largest absolute Gasteiger partial charge is 0.471 e. The summed E-state index contributed by atoms with van der Waals surface area (Å²) in [6, 6.07) is 9.59. The van der Waals surface area contributed by atoms with E-state index in [1.807, 2.05) is 24.3 Å².